The Kier molecular flexibility index (Phi) is 3.95. The first-order valence-electron chi connectivity index (χ1n) is 5.81. The summed E-state index contributed by atoms with van der Waals surface area (Å²) in [5.74, 6) is -0.980. The first-order valence-corrected chi connectivity index (χ1v) is 6.22. The van der Waals surface area contributed by atoms with Crippen molar-refractivity contribution in [1.82, 2.24) is 10.2 Å². The molecule has 0 spiro atoms. The number of carbonyl (C=O) groups excluding carboxylic acids is 2. The number of aromatic hydroxyl groups is 1. The predicted molar refractivity (Wildman–Crippen MR) is 78.7 cm³/mol. The van der Waals surface area contributed by atoms with Gasteiger partial charge in [-0.25, -0.2) is 0 Å². The van der Waals surface area contributed by atoms with E-state index in [9.17, 15) is 14.7 Å². The van der Waals surface area contributed by atoms with Crippen LogP contribution >= 0.6 is 12.2 Å². The topological polar surface area (TPSA) is 69.6 Å². The first-order chi connectivity index (χ1) is 9.52. The van der Waals surface area contributed by atoms with Gasteiger partial charge in [0.15, 0.2) is 5.11 Å². The number of benzene rings is 1. The third-order valence-electron chi connectivity index (χ3n) is 2.68. The lowest BCUT2D eigenvalue weighted by molar-refractivity contribution is -0.128. The van der Waals surface area contributed by atoms with Gasteiger partial charge in [0.2, 0.25) is 0 Å². The number of nitrogens with one attached hydrogen (secondary N) is 1. The zero-order valence-electron chi connectivity index (χ0n) is 10.5. The molecule has 1 aliphatic rings. The molecule has 20 heavy (non-hydrogen) atoms. The predicted octanol–water partition coefficient (Wildman–Crippen LogP) is 1.20. The van der Waals surface area contributed by atoms with Gasteiger partial charge in [-0.3, -0.25) is 19.8 Å². The van der Waals surface area contributed by atoms with Crippen LogP contribution in [0.5, 0.6) is 5.75 Å². The third kappa shape index (κ3) is 2.75. The molecule has 0 bridgehead atoms. The van der Waals surface area contributed by atoms with Crippen molar-refractivity contribution in [3.05, 3.63) is 48.1 Å². The molecule has 0 radical (unpaired) electrons. The second kappa shape index (κ2) is 5.66. The van der Waals surface area contributed by atoms with Gasteiger partial charge in [0.05, 0.1) is 0 Å². The minimum absolute atomic E-state index is 0.0361. The number of hydrogen-bond acceptors (Lipinski definition) is 4. The third-order valence-corrected chi connectivity index (χ3v) is 3.00. The molecule has 6 heteroatoms. The summed E-state index contributed by atoms with van der Waals surface area (Å²) >= 11 is 4.94. The Bertz CT molecular complexity index is 637. The lowest BCUT2D eigenvalue weighted by Crippen LogP contribution is -2.53. The monoisotopic (exact) mass is 288 g/mol. The Labute approximate surface area is 121 Å². The normalized spacial score (nSPS) is 17.3. The molecule has 1 aromatic rings. The highest BCUT2D eigenvalue weighted by Gasteiger charge is 2.32. The van der Waals surface area contributed by atoms with Crippen LogP contribution in [0, 0.1) is 0 Å². The molecule has 0 aliphatic carbocycles. The van der Waals surface area contributed by atoms with Crippen molar-refractivity contribution in [2.75, 3.05) is 6.54 Å². The smallest absolute Gasteiger partial charge is 0.265 e. The fourth-order valence-electron chi connectivity index (χ4n) is 1.77. The Morgan fingerprint density at radius 3 is 2.80 bits per heavy atom. The van der Waals surface area contributed by atoms with E-state index in [2.05, 4.69) is 11.9 Å². The fourth-order valence-corrected chi connectivity index (χ4v) is 2.02. The second-order valence-electron chi connectivity index (χ2n) is 4.12. The van der Waals surface area contributed by atoms with E-state index in [0.717, 1.165) is 0 Å². The van der Waals surface area contributed by atoms with Crippen molar-refractivity contribution in [2.45, 2.75) is 0 Å². The molecule has 5 nitrogen and oxygen atoms in total. The van der Waals surface area contributed by atoms with Crippen molar-refractivity contribution in [2.24, 2.45) is 0 Å². The molecule has 1 heterocycles. The Hall–Kier alpha value is -2.47. The highest BCUT2D eigenvalue weighted by atomic mass is 32.1. The van der Waals surface area contributed by atoms with Crippen LogP contribution in [0.1, 0.15) is 5.56 Å². The Morgan fingerprint density at radius 2 is 2.15 bits per heavy atom. The van der Waals surface area contributed by atoms with E-state index in [4.69, 9.17) is 12.2 Å². The average Bonchev–Trinajstić information content (AvgIpc) is 2.39. The van der Waals surface area contributed by atoms with Crippen LogP contribution in [0.3, 0.4) is 0 Å². The first kappa shape index (κ1) is 14.0. The molecule has 0 atom stereocenters. The maximum atomic E-state index is 12.2. The molecule has 102 valence electrons. The number of phenols is 1. The molecular formula is C14H12N2O3S. The lowest BCUT2D eigenvalue weighted by Gasteiger charge is -2.27. The molecule has 0 aromatic heterocycles. The van der Waals surface area contributed by atoms with Crippen LogP contribution in [-0.4, -0.2) is 33.5 Å². The standard InChI is InChI=1S/C14H12N2O3S/c1-2-6-16-13(19)11(12(18)15-14(16)20)8-9-4-3-5-10(17)7-9/h2-5,7-8,17H,1,6H2,(H,15,18,20)/b11-8+. The van der Waals surface area contributed by atoms with Crippen molar-refractivity contribution < 1.29 is 14.7 Å². The van der Waals surface area contributed by atoms with Gasteiger partial charge in [0.25, 0.3) is 11.8 Å². The number of carbonyl (C=O) groups is 2. The van der Waals surface area contributed by atoms with Crippen LogP contribution in [-0.2, 0) is 9.59 Å². The average molecular weight is 288 g/mol. The van der Waals surface area contributed by atoms with Gasteiger partial charge < -0.3 is 5.11 Å². The Morgan fingerprint density at radius 1 is 1.40 bits per heavy atom. The van der Waals surface area contributed by atoms with Crippen molar-refractivity contribution >= 4 is 35.2 Å². The van der Waals surface area contributed by atoms with E-state index in [-0.39, 0.29) is 23.0 Å². The zero-order valence-corrected chi connectivity index (χ0v) is 11.3. The van der Waals surface area contributed by atoms with Crippen LogP contribution < -0.4 is 5.32 Å². The number of amides is 2. The summed E-state index contributed by atoms with van der Waals surface area (Å²) in [6.45, 7) is 3.76. The van der Waals surface area contributed by atoms with Crippen LogP contribution in [0.2, 0.25) is 0 Å². The van der Waals surface area contributed by atoms with Gasteiger partial charge in [-0.15, -0.1) is 6.58 Å². The van der Waals surface area contributed by atoms with Gasteiger partial charge >= 0.3 is 0 Å². The summed E-state index contributed by atoms with van der Waals surface area (Å²) in [5, 5.41) is 11.9. The molecule has 2 rings (SSSR count). The van der Waals surface area contributed by atoms with Crippen LogP contribution in [0.25, 0.3) is 6.08 Å². The molecule has 1 aliphatic heterocycles. The minimum atomic E-state index is -0.552. The molecule has 0 unspecified atom stereocenters. The summed E-state index contributed by atoms with van der Waals surface area (Å²) in [4.78, 5) is 25.3. The van der Waals surface area contributed by atoms with E-state index < -0.39 is 11.8 Å². The summed E-state index contributed by atoms with van der Waals surface area (Å²) < 4.78 is 0. The van der Waals surface area contributed by atoms with Gasteiger partial charge in [-0.1, -0.05) is 18.2 Å². The van der Waals surface area contributed by atoms with Gasteiger partial charge in [-0.2, -0.15) is 0 Å². The largest absolute Gasteiger partial charge is 0.508 e. The molecule has 1 fully saturated rings. The van der Waals surface area contributed by atoms with E-state index in [1.807, 2.05) is 0 Å². The molecule has 0 saturated carbocycles. The van der Waals surface area contributed by atoms with E-state index >= 15 is 0 Å². The lowest BCUT2D eigenvalue weighted by atomic mass is 10.1. The quantitative estimate of drug-likeness (QED) is 0.379. The minimum Gasteiger partial charge on any atom is -0.508 e. The number of nitrogens with zero attached hydrogens (tertiary/aromatic N) is 1. The van der Waals surface area contributed by atoms with Crippen molar-refractivity contribution in [1.29, 1.82) is 0 Å². The maximum absolute atomic E-state index is 12.2. The second-order valence-corrected chi connectivity index (χ2v) is 4.50. The molecular weight excluding hydrogens is 276 g/mol. The van der Waals surface area contributed by atoms with Gasteiger partial charge in [-0.05, 0) is 36.0 Å². The fraction of sp³-hybridized carbons (Fsp3) is 0.0714. The molecule has 2 N–H and O–H groups in total. The van der Waals surface area contributed by atoms with Crippen LogP contribution in [0.15, 0.2) is 42.5 Å². The van der Waals surface area contributed by atoms with Gasteiger partial charge in [0.1, 0.15) is 11.3 Å². The highest BCUT2D eigenvalue weighted by molar-refractivity contribution is 7.80. The SMILES string of the molecule is C=CCN1C(=O)/C(=C/c2cccc(O)c2)C(=O)NC1=S. The summed E-state index contributed by atoms with van der Waals surface area (Å²) in [7, 11) is 0. The van der Waals surface area contributed by atoms with Crippen molar-refractivity contribution in [3.8, 4) is 5.75 Å². The van der Waals surface area contributed by atoms with Crippen molar-refractivity contribution in [3.63, 3.8) is 0 Å². The van der Waals surface area contributed by atoms with E-state index in [1.54, 1.807) is 12.1 Å². The number of thiocarbonyl (C=S) groups is 1. The number of phenolic OH excluding ortho intramolecular Hbond substituents is 1. The summed E-state index contributed by atoms with van der Waals surface area (Å²) in [5.41, 5.74) is 0.515. The number of rotatable bonds is 3. The molecule has 2 amide bonds. The van der Waals surface area contributed by atoms with E-state index in [0.29, 0.717) is 5.56 Å². The molecule has 1 saturated heterocycles. The maximum Gasteiger partial charge on any atom is 0.265 e. The summed E-state index contributed by atoms with van der Waals surface area (Å²) in [6, 6.07) is 6.26. The Balaban J connectivity index is 2.38. The molecule has 1 aromatic carbocycles. The number of hydrogen-bond donors (Lipinski definition) is 2. The summed E-state index contributed by atoms with van der Waals surface area (Å²) in [6.07, 6.45) is 2.93. The zero-order chi connectivity index (χ0) is 14.7. The van der Waals surface area contributed by atoms with Crippen LogP contribution in [0.4, 0.5) is 0 Å². The van der Waals surface area contributed by atoms with Gasteiger partial charge in [0, 0.05) is 6.54 Å². The van der Waals surface area contributed by atoms with E-state index in [1.165, 1.54) is 29.2 Å². The highest BCUT2D eigenvalue weighted by Crippen LogP contribution is 2.17.